The van der Waals surface area contributed by atoms with Crippen LogP contribution in [0.15, 0.2) is 42.5 Å². The van der Waals surface area contributed by atoms with Crippen molar-refractivity contribution >= 4 is 11.6 Å². The number of hydrogen-bond acceptors (Lipinski definition) is 3. The zero-order valence-electron chi connectivity index (χ0n) is 11.3. The number of rotatable bonds is 6. The summed E-state index contributed by atoms with van der Waals surface area (Å²) in [6.45, 7) is 4.43. The van der Waals surface area contributed by atoms with Gasteiger partial charge in [0, 0.05) is 13.1 Å². The summed E-state index contributed by atoms with van der Waals surface area (Å²) in [7, 11) is 0. The van der Waals surface area contributed by atoms with Gasteiger partial charge in [0.1, 0.15) is 11.6 Å². The van der Waals surface area contributed by atoms with Crippen LogP contribution in [0.3, 0.4) is 0 Å². The summed E-state index contributed by atoms with van der Waals surface area (Å²) in [5, 5.41) is 9.13. The van der Waals surface area contributed by atoms with Crippen molar-refractivity contribution in [1.82, 2.24) is 4.57 Å². The van der Waals surface area contributed by atoms with Gasteiger partial charge in [-0.3, -0.25) is 0 Å². The van der Waals surface area contributed by atoms with Crippen LogP contribution < -0.4 is 10.6 Å². The fraction of sp³-hybridized carbons (Fsp3) is 0.333. The van der Waals surface area contributed by atoms with E-state index in [1.807, 2.05) is 30.3 Å². The number of anilines is 2. The number of nitrogens with zero attached hydrogens (tertiary/aromatic N) is 2. The number of nitrogen functional groups attached to an aromatic ring is 1. The summed E-state index contributed by atoms with van der Waals surface area (Å²) in [6, 6.07) is 14.2. The number of aliphatic hydroxyl groups is 1. The van der Waals surface area contributed by atoms with Crippen molar-refractivity contribution in [2.45, 2.75) is 13.5 Å². The lowest BCUT2D eigenvalue weighted by molar-refractivity contribution is 0.302. The van der Waals surface area contributed by atoms with Crippen LogP contribution in [0.4, 0.5) is 11.6 Å². The van der Waals surface area contributed by atoms with E-state index < -0.39 is 0 Å². The first-order valence-corrected chi connectivity index (χ1v) is 6.61. The Labute approximate surface area is 114 Å². The zero-order chi connectivity index (χ0) is 13.7. The van der Waals surface area contributed by atoms with Crippen LogP contribution >= 0.6 is 0 Å². The number of likely N-dealkylation sites (N-methyl/N-ethyl adjacent to an activating group) is 1. The summed E-state index contributed by atoms with van der Waals surface area (Å²) in [5.41, 5.74) is 7.27. The highest BCUT2D eigenvalue weighted by Gasteiger charge is 2.11. The zero-order valence-corrected chi connectivity index (χ0v) is 11.3. The Morgan fingerprint density at radius 2 is 1.89 bits per heavy atom. The van der Waals surface area contributed by atoms with Gasteiger partial charge < -0.3 is 20.3 Å². The molecule has 2 aromatic rings. The third-order valence-electron chi connectivity index (χ3n) is 3.25. The lowest BCUT2D eigenvalue weighted by Crippen LogP contribution is -2.28. The average Bonchev–Trinajstić information content (AvgIpc) is 2.79. The minimum atomic E-state index is 0.143. The SMILES string of the molecule is CCN(CCO)c1ccc(N)n1Cc1ccccc1. The van der Waals surface area contributed by atoms with Crippen molar-refractivity contribution in [3.63, 3.8) is 0 Å². The highest BCUT2D eigenvalue weighted by Crippen LogP contribution is 2.22. The number of hydrogen-bond donors (Lipinski definition) is 2. The molecule has 0 saturated heterocycles. The molecule has 1 heterocycles. The Bertz CT molecular complexity index is 507. The first-order valence-electron chi connectivity index (χ1n) is 6.61. The molecule has 0 aliphatic heterocycles. The molecule has 0 bridgehead atoms. The largest absolute Gasteiger partial charge is 0.395 e. The van der Waals surface area contributed by atoms with E-state index in [-0.39, 0.29) is 6.61 Å². The predicted molar refractivity (Wildman–Crippen MR) is 79.4 cm³/mol. The summed E-state index contributed by atoms with van der Waals surface area (Å²) in [4.78, 5) is 2.12. The molecular formula is C15H21N3O. The highest BCUT2D eigenvalue weighted by molar-refractivity contribution is 5.51. The van der Waals surface area contributed by atoms with E-state index in [4.69, 9.17) is 10.8 Å². The Hall–Kier alpha value is -1.94. The lowest BCUT2D eigenvalue weighted by atomic mass is 10.2. The van der Waals surface area contributed by atoms with Crippen LogP contribution in [0.5, 0.6) is 0 Å². The lowest BCUT2D eigenvalue weighted by Gasteiger charge is -2.24. The van der Waals surface area contributed by atoms with Crippen molar-refractivity contribution < 1.29 is 5.11 Å². The summed E-state index contributed by atoms with van der Waals surface area (Å²) < 4.78 is 2.08. The van der Waals surface area contributed by atoms with Crippen molar-refractivity contribution in [2.24, 2.45) is 0 Å². The number of aliphatic hydroxyl groups excluding tert-OH is 1. The van der Waals surface area contributed by atoms with Crippen molar-refractivity contribution in [2.75, 3.05) is 30.3 Å². The van der Waals surface area contributed by atoms with Gasteiger partial charge in [-0.15, -0.1) is 0 Å². The molecule has 0 atom stereocenters. The molecule has 102 valence electrons. The Kier molecular flexibility index (Phi) is 4.47. The molecule has 0 spiro atoms. The van der Waals surface area contributed by atoms with Crippen LogP contribution in [0.2, 0.25) is 0 Å². The maximum absolute atomic E-state index is 9.13. The average molecular weight is 259 g/mol. The Morgan fingerprint density at radius 3 is 2.53 bits per heavy atom. The molecule has 0 unspecified atom stereocenters. The monoisotopic (exact) mass is 259 g/mol. The minimum Gasteiger partial charge on any atom is -0.395 e. The fourth-order valence-corrected chi connectivity index (χ4v) is 2.24. The van der Waals surface area contributed by atoms with Crippen LogP contribution in [-0.2, 0) is 6.54 Å². The fourth-order valence-electron chi connectivity index (χ4n) is 2.24. The van der Waals surface area contributed by atoms with Crippen LogP contribution in [-0.4, -0.2) is 29.4 Å². The third kappa shape index (κ3) is 3.09. The standard InChI is InChI=1S/C15H21N3O/c1-2-17(10-11-19)15-9-8-14(16)18(15)12-13-6-4-3-5-7-13/h3-9,19H,2,10-12,16H2,1H3. The van der Waals surface area contributed by atoms with Gasteiger partial charge >= 0.3 is 0 Å². The predicted octanol–water partition coefficient (Wildman–Crippen LogP) is 1.94. The highest BCUT2D eigenvalue weighted by atomic mass is 16.3. The second-order valence-corrected chi connectivity index (χ2v) is 4.49. The van der Waals surface area contributed by atoms with Gasteiger partial charge in [0.15, 0.2) is 0 Å². The second kappa shape index (κ2) is 6.29. The van der Waals surface area contributed by atoms with Crippen LogP contribution in [0.1, 0.15) is 12.5 Å². The molecule has 0 radical (unpaired) electrons. The van der Waals surface area contributed by atoms with Gasteiger partial charge in [0.25, 0.3) is 0 Å². The van der Waals surface area contributed by atoms with Gasteiger partial charge in [0.2, 0.25) is 0 Å². The smallest absolute Gasteiger partial charge is 0.110 e. The summed E-state index contributed by atoms with van der Waals surface area (Å²) in [5.74, 6) is 1.80. The molecule has 4 heteroatoms. The molecule has 4 nitrogen and oxygen atoms in total. The van der Waals surface area contributed by atoms with Gasteiger partial charge in [-0.1, -0.05) is 30.3 Å². The van der Waals surface area contributed by atoms with Crippen molar-refractivity contribution in [1.29, 1.82) is 0 Å². The molecule has 0 aliphatic rings. The Morgan fingerprint density at radius 1 is 1.16 bits per heavy atom. The molecule has 0 amide bonds. The maximum Gasteiger partial charge on any atom is 0.110 e. The van der Waals surface area contributed by atoms with Crippen molar-refractivity contribution in [3.8, 4) is 0 Å². The van der Waals surface area contributed by atoms with Crippen LogP contribution in [0.25, 0.3) is 0 Å². The normalized spacial score (nSPS) is 10.6. The van der Waals surface area contributed by atoms with E-state index in [2.05, 4.69) is 28.5 Å². The first kappa shape index (κ1) is 13.5. The summed E-state index contributed by atoms with van der Waals surface area (Å²) in [6.07, 6.45) is 0. The van der Waals surface area contributed by atoms with Gasteiger partial charge in [-0.2, -0.15) is 0 Å². The maximum atomic E-state index is 9.13. The van der Waals surface area contributed by atoms with E-state index in [1.54, 1.807) is 0 Å². The molecule has 0 fully saturated rings. The van der Waals surface area contributed by atoms with Gasteiger partial charge in [0.05, 0.1) is 13.2 Å². The van der Waals surface area contributed by atoms with Gasteiger partial charge in [-0.25, -0.2) is 0 Å². The number of aromatic nitrogens is 1. The second-order valence-electron chi connectivity index (χ2n) is 4.49. The van der Waals surface area contributed by atoms with Crippen LogP contribution in [0, 0.1) is 0 Å². The topological polar surface area (TPSA) is 54.4 Å². The minimum absolute atomic E-state index is 0.143. The van der Waals surface area contributed by atoms with E-state index in [0.717, 1.165) is 24.7 Å². The molecule has 3 N–H and O–H groups in total. The molecule has 19 heavy (non-hydrogen) atoms. The van der Waals surface area contributed by atoms with E-state index in [0.29, 0.717) is 6.54 Å². The molecule has 1 aromatic carbocycles. The summed E-state index contributed by atoms with van der Waals surface area (Å²) >= 11 is 0. The Balaban J connectivity index is 2.27. The van der Waals surface area contributed by atoms with E-state index in [1.165, 1.54) is 5.56 Å². The van der Waals surface area contributed by atoms with E-state index in [9.17, 15) is 0 Å². The molecule has 1 aromatic heterocycles. The molecule has 2 rings (SSSR count). The molecule has 0 saturated carbocycles. The first-order chi connectivity index (χ1) is 9.26. The number of nitrogens with two attached hydrogens (primary N) is 1. The molecule has 0 aliphatic carbocycles. The van der Waals surface area contributed by atoms with Crippen molar-refractivity contribution in [3.05, 3.63) is 48.0 Å². The quantitative estimate of drug-likeness (QED) is 0.833. The number of benzene rings is 1. The third-order valence-corrected chi connectivity index (χ3v) is 3.25. The van der Waals surface area contributed by atoms with Gasteiger partial charge in [-0.05, 0) is 24.6 Å². The molecular weight excluding hydrogens is 238 g/mol. The van der Waals surface area contributed by atoms with E-state index >= 15 is 0 Å².